The lowest BCUT2D eigenvalue weighted by atomic mass is 9.95. The van der Waals surface area contributed by atoms with Gasteiger partial charge in [-0.3, -0.25) is 4.40 Å². The molecular weight excluding hydrogens is 366 g/mol. The monoisotopic (exact) mass is 389 g/mol. The largest absolute Gasteiger partial charge is 0.465 e. The van der Waals surface area contributed by atoms with Crippen molar-refractivity contribution in [2.45, 2.75) is 38.1 Å². The molecule has 0 radical (unpaired) electrons. The maximum atomic E-state index is 12.1. The van der Waals surface area contributed by atoms with Gasteiger partial charge in [0.2, 0.25) is 0 Å². The number of esters is 1. The number of ether oxygens (including phenoxy) is 1. The molecule has 0 bridgehead atoms. The number of imidazole rings is 2. The number of pyridine rings is 2. The Hall–Kier alpha value is -3.35. The van der Waals surface area contributed by atoms with Crippen molar-refractivity contribution in [2.24, 2.45) is 0 Å². The first-order chi connectivity index (χ1) is 14.2. The molecule has 1 N–H and O–H groups in total. The third-order valence-corrected chi connectivity index (χ3v) is 5.65. The fourth-order valence-corrected chi connectivity index (χ4v) is 4.12. The van der Waals surface area contributed by atoms with E-state index in [0.717, 1.165) is 41.2 Å². The van der Waals surface area contributed by atoms with Crippen molar-refractivity contribution in [2.75, 3.05) is 12.4 Å². The zero-order valence-electron chi connectivity index (χ0n) is 16.3. The van der Waals surface area contributed by atoms with Crippen LogP contribution in [0.2, 0.25) is 0 Å². The molecule has 29 heavy (non-hydrogen) atoms. The van der Waals surface area contributed by atoms with E-state index < -0.39 is 0 Å². The van der Waals surface area contributed by atoms with Crippen molar-refractivity contribution >= 4 is 23.1 Å². The van der Waals surface area contributed by atoms with Crippen LogP contribution in [0, 0.1) is 0 Å². The van der Waals surface area contributed by atoms with Crippen LogP contribution in [0.1, 0.15) is 42.5 Å². The number of anilines is 1. The maximum absolute atomic E-state index is 12.1. The SMILES string of the molecule is COC(=O)c1ccc2nc(-c3ccc4nccn4c3)c(NC3CCCCC3)n2c1. The second-order valence-electron chi connectivity index (χ2n) is 7.54. The molecule has 4 aromatic heterocycles. The van der Waals surface area contributed by atoms with Gasteiger partial charge in [-0.1, -0.05) is 19.3 Å². The third-order valence-electron chi connectivity index (χ3n) is 5.65. The summed E-state index contributed by atoms with van der Waals surface area (Å²) < 4.78 is 8.86. The smallest absolute Gasteiger partial charge is 0.339 e. The van der Waals surface area contributed by atoms with Crippen LogP contribution >= 0.6 is 0 Å². The summed E-state index contributed by atoms with van der Waals surface area (Å²) in [5.74, 6) is 0.558. The van der Waals surface area contributed by atoms with Crippen LogP contribution in [0.15, 0.2) is 49.1 Å². The molecule has 0 aliphatic heterocycles. The predicted octanol–water partition coefficient (Wildman–Crippen LogP) is 4.18. The summed E-state index contributed by atoms with van der Waals surface area (Å²) in [6, 6.07) is 8.04. The molecule has 7 nitrogen and oxygen atoms in total. The number of hydrogen-bond acceptors (Lipinski definition) is 5. The number of hydrogen-bond donors (Lipinski definition) is 1. The highest BCUT2D eigenvalue weighted by molar-refractivity contribution is 5.90. The number of carbonyl (C=O) groups excluding carboxylic acids is 1. The standard InChI is InChI=1S/C22H23N5O2/c1-29-22(28)16-8-10-19-25-20(15-7-9-18-23-11-12-26(18)13-15)21(27(19)14-16)24-17-5-3-2-4-6-17/h7-14,17,24H,2-6H2,1H3. The predicted molar refractivity (Wildman–Crippen MR) is 111 cm³/mol. The van der Waals surface area contributed by atoms with E-state index in [1.807, 2.05) is 39.4 Å². The van der Waals surface area contributed by atoms with E-state index in [1.165, 1.54) is 26.4 Å². The van der Waals surface area contributed by atoms with Gasteiger partial charge >= 0.3 is 5.97 Å². The van der Waals surface area contributed by atoms with E-state index in [1.54, 1.807) is 18.5 Å². The number of aromatic nitrogens is 4. The highest BCUT2D eigenvalue weighted by atomic mass is 16.5. The Labute approximate surface area is 168 Å². The van der Waals surface area contributed by atoms with Gasteiger partial charge in [-0.15, -0.1) is 0 Å². The Balaban J connectivity index is 1.66. The van der Waals surface area contributed by atoms with Gasteiger partial charge in [0.15, 0.2) is 0 Å². The van der Waals surface area contributed by atoms with Crippen molar-refractivity contribution in [3.63, 3.8) is 0 Å². The van der Waals surface area contributed by atoms with Crippen LogP contribution in [0.3, 0.4) is 0 Å². The molecule has 5 rings (SSSR count). The van der Waals surface area contributed by atoms with Crippen molar-refractivity contribution in [1.82, 2.24) is 18.8 Å². The highest BCUT2D eigenvalue weighted by Gasteiger charge is 2.21. The molecule has 4 aromatic rings. The zero-order chi connectivity index (χ0) is 19.8. The Kier molecular flexibility index (Phi) is 4.42. The number of methoxy groups -OCH3 is 1. The Morgan fingerprint density at radius 1 is 1.10 bits per heavy atom. The second-order valence-corrected chi connectivity index (χ2v) is 7.54. The molecule has 1 aliphatic carbocycles. The fourth-order valence-electron chi connectivity index (χ4n) is 4.12. The van der Waals surface area contributed by atoms with Gasteiger partial charge in [0.25, 0.3) is 0 Å². The minimum absolute atomic E-state index is 0.356. The molecule has 4 heterocycles. The number of fused-ring (bicyclic) bond motifs is 2. The summed E-state index contributed by atoms with van der Waals surface area (Å²) in [4.78, 5) is 21.3. The number of carbonyl (C=O) groups is 1. The summed E-state index contributed by atoms with van der Waals surface area (Å²) in [7, 11) is 1.40. The van der Waals surface area contributed by atoms with Crippen LogP contribution in [0.25, 0.3) is 22.6 Å². The van der Waals surface area contributed by atoms with Crippen molar-refractivity contribution < 1.29 is 9.53 Å². The lowest BCUT2D eigenvalue weighted by Crippen LogP contribution is -2.23. The summed E-state index contributed by atoms with van der Waals surface area (Å²) in [6.45, 7) is 0. The van der Waals surface area contributed by atoms with Crippen LogP contribution in [-0.2, 0) is 4.74 Å². The van der Waals surface area contributed by atoms with E-state index >= 15 is 0 Å². The topological polar surface area (TPSA) is 72.9 Å². The Morgan fingerprint density at radius 2 is 1.93 bits per heavy atom. The lowest BCUT2D eigenvalue weighted by molar-refractivity contribution is 0.0600. The van der Waals surface area contributed by atoms with Crippen molar-refractivity contribution in [3.8, 4) is 11.3 Å². The van der Waals surface area contributed by atoms with Gasteiger partial charge in [0.1, 0.15) is 22.8 Å². The molecule has 1 aliphatic rings. The normalized spacial score (nSPS) is 15.1. The minimum atomic E-state index is -0.356. The van der Waals surface area contributed by atoms with Crippen LogP contribution in [-0.4, -0.2) is 37.9 Å². The Morgan fingerprint density at radius 3 is 2.76 bits per heavy atom. The molecule has 0 saturated heterocycles. The zero-order valence-corrected chi connectivity index (χ0v) is 16.3. The molecule has 0 amide bonds. The van der Waals surface area contributed by atoms with Crippen LogP contribution in [0.5, 0.6) is 0 Å². The molecule has 7 heteroatoms. The molecule has 1 saturated carbocycles. The Bertz CT molecular complexity index is 1190. The quantitative estimate of drug-likeness (QED) is 0.530. The number of rotatable bonds is 4. The average Bonchev–Trinajstić information content (AvgIpc) is 3.37. The first kappa shape index (κ1) is 17.7. The molecule has 1 fully saturated rings. The lowest BCUT2D eigenvalue weighted by Gasteiger charge is -2.24. The first-order valence-corrected chi connectivity index (χ1v) is 10.0. The highest BCUT2D eigenvalue weighted by Crippen LogP contribution is 2.32. The second kappa shape index (κ2) is 7.24. The van der Waals surface area contributed by atoms with Crippen LogP contribution in [0.4, 0.5) is 5.82 Å². The summed E-state index contributed by atoms with van der Waals surface area (Å²) in [5.41, 5.74) is 4.05. The van der Waals surface area contributed by atoms with E-state index in [0.29, 0.717) is 11.6 Å². The van der Waals surface area contributed by atoms with Gasteiger partial charge in [-0.2, -0.15) is 0 Å². The van der Waals surface area contributed by atoms with Crippen molar-refractivity contribution in [1.29, 1.82) is 0 Å². The minimum Gasteiger partial charge on any atom is -0.465 e. The maximum Gasteiger partial charge on any atom is 0.339 e. The number of nitrogens with zero attached hydrogens (tertiary/aromatic N) is 4. The molecular formula is C22H23N5O2. The fraction of sp³-hybridized carbons (Fsp3) is 0.318. The van der Waals surface area contributed by atoms with E-state index in [4.69, 9.17) is 9.72 Å². The number of nitrogens with one attached hydrogen (secondary N) is 1. The average molecular weight is 389 g/mol. The summed E-state index contributed by atoms with van der Waals surface area (Å²) in [6.07, 6.45) is 13.6. The van der Waals surface area contributed by atoms with Crippen LogP contribution < -0.4 is 5.32 Å². The van der Waals surface area contributed by atoms with Gasteiger partial charge in [0, 0.05) is 36.4 Å². The molecule has 0 spiro atoms. The molecule has 0 atom stereocenters. The van der Waals surface area contributed by atoms with E-state index in [2.05, 4.69) is 10.3 Å². The van der Waals surface area contributed by atoms with E-state index in [-0.39, 0.29) is 5.97 Å². The van der Waals surface area contributed by atoms with Crippen molar-refractivity contribution in [3.05, 3.63) is 54.6 Å². The summed E-state index contributed by atoms with van der Waals surface area (Å²) in [5, 5.41) is 3.72. The first-order valence-electron chi connectivity index (χ1n) is 10.0. The third kappa shape index (κ3) is 3.22. The van der Waals surface area contributed by atoms with Gasteiger partial charge < -0.3 is 14.5 Å². The molecule has 0 unspecified atom stereocenters. The molecule has 0 aromatic carbocycles. The molecule has 148 valence electrons. The van der Waals surface area contributed by atoms with Gasteiger partial charge in [-0.05, 0) is 37.1 Å². The van der Waals surface area contributed by atoms with Gasteiger partial charge in [0.05, 0.1) is 12.7 Å². The van der Waals surface area contributed by atoms with E-state index in [9.17, 15) is 4.79 Å². The van der Waals surface area contributed by atoms with Gasteiger partial charge in [-0.25, -0.2) is 14.8 Å². The summed E-state index contributed by atoms with van der Waals surface area (Å²) >= 11 is 0.